The molecular formula is C15H15F3N2O4. The van der Waals surface area contributed by atoms with Gasteiger partial charge in [0.05, 0.1) is 12.6 Å². The fraction of sp³-hybridized carbons (Fsp3) is 0.400. The predicted molar refractivity (Wildman–Crippen MR) is 75.6 cm³/mol. The average Bonchev–Trinajstić information content (AvgIpc) is 2.50. The summed E-state index contributed by atoms with van der Waals surface area (Å²) in [6.45, 7) is 3.11. The van der Waals surface area contributed by atoms with Crippen molar-refractivity contribution in [1.29, 1.82) is 0 Å². The van der Waals surface area contributed by atoms with Gasteiger partial charge in [-0.2, -0.15) is 13.2 Å². The van der Waals surface area contributed by atoms with E-state index < -0.39 is 47.0 Å². The van der Waals surface area contributed by atoms with Crippen molar-refractivity contribution < 1.29 is 32.6 Å². The number of nitrogens with one attached hydrogen (secondary N) is 1. The summed E-state index contributed by atoms with van der Waals surface area (Å²) < 4.78 is 42.3. The highest BCUT2D eigenvalue weighted by molar-refractivity contribution is 6.17. The number of nitrogens with zero attached hydrogens (tertiary/aromatic N) is 1. The summed E-state index contributed by atoms with van der Waals surface area (Å²) in [5.74, 6) is -3.01. The molecule has 0 radical (unpaired) electrons. The van der Waals surface area contributed by atoms with Crippen LogP contribution in [0.1, 0.15) is 31.1 Å². The zero-order valence-electron chi connectivity index (χ0n) is 12.8. The minimum atomic E-state index is -4.57. The Morgan fingerprint density at radius 1 is 1.42 bits per heavy atom. The van der Waals surface area contributed by atoms with Crippen LogP contribution in [0.5, 0.6) is 0 Å². The number of carbonyl (C=O) groups is 2. The van der Waals surface area contributed by atoms with Crippen molar-refractivity contribution in [1.82, 2.24) is 10.3 Å². The van der Waals surface area contributed by atoms with Crippen LogP contribution in [0, 0.1) is 5.92 Å². The quantitative estimate of drug-likeness (QED) is 0.649. The summed E-state index contributed by atoms with van der Waals surface area (Å²) in [7, 11) is 0. The number of halogens is 3. The van der Waals surface area contributed by atoms with Crippen LogP contribution in [-0.4, -0.2) is 28.6 Å². The minimum absolute atomic E-state index is 0.0313. The van der Waals surface area contributed by atoms with Crippen LogP contribution in [0.4, 0.5) is 13.2 Å². The van der Waals surface area contributed by atoms with Crippen LogP contribution in [0.15, 0.2) is 29.7 Å². The van der Waals surface area contributed by atoms with E-state index in [0.717, 1.165) is 12.3 Å². The number of rotatable bonds is 3. The molecule has 0 spiro atoms. The molecule has 24 heavy (non-hydrogen) atoms. The smallest absolute Gasteiger partial charge is 0.433 e. The number of pyridine rings is 1. The van der Waals surface area contributed by atoms with Crippen molar-refractivity contribution in [2.24, 2.45) is 5.92 Å². The molecule has 1 aliphatic heterocycles. The third-order valence-electron chi connectivity index (χ3n) is 3.62. The second-order valence-electron chi connectivity index (χ2n) is 5.20. The van der Waals surface area contributed by atoms with Crippen LogP contribution in [0.25, 0.3) is 0 Å². The van der Waals surface area contributed by atoms with Gasteiger partial charge in [-0.15, -0.1) is 0 Å². The van der Waals surface area contributed by atoms with Gasteiger partial charge in [0.25, 0.3) is 5.91 Å². The monoisotopic (exact) mass is 344 g/mol. The molecule has 2 N–H and O–H groups in total. The molecule has 2 unspecified atom stereocenters. The summed E-state index contributed by atoms with van der Waals surface area (Å²) >= 11 is 0. The van der Waals surface area contributed by atoms with E-state index in [1.807, 2.05) is 0 Å². The predicted octanol–water partition coefficient (Wildman–Crippen LogP) is 2.28. The molecule has 2 atom stereocenters. The van der Waals surface area contributed by atoms with Gasteiger partial charge in [-0.3, -0.25) is 9.78 Å². The number of aliphatic hydroxyl groups excluding tert-OH is 1. The van der Waals surface area contributed by atoms with Crippen LogP contribution >= 0.6 is 0 Å². The van der Waals surface area contributed by atoms with Gasteiger partial charge >= 0.3 is 12.1 Å². The maximum atomic E-state index is 12.5. The molecule has 9 heteroatoms. The Hall–Kier alpha value is -2.58. The summed E-state index contributed by atoms with van der Waals surface area (Å²) in [5.41, 5.74) is -1.29. The Labute approximate surface area is 135 Å². The summed E-state index contributed by atoms with van der Waals surface area (Å²) in [5, 5.41) is 12.6. The molecule has 0 fully saturated rings. The third kappa shape index (κ3) is 3.34. The number of aliphatic hydroxyl groups is 1. The minimum Gasteiger partial charge on any atom is -0.511 e. The normalized spacial score (nSPS) is 21.5. The number of amides is 1. The SMILES string of the molecule is CCOC(=O)C1=C(O)C(C)C(c2ccc(C(F)(F)F)nc2)NC1=O. The van der Waals surface area contributed by atoms with Gasteiger partial charge in [-0.05, 0) is 18.6 Å². The first-order valence-electron chi connectivity index (χ1n) is 7.11. The van der Waals surface area contributed by atoms with E-state index in [4.69, 9.17) is 4.74 Å². The van der Waals surface area contributed by atoms with Crippen LogP contribution in [-0.2, 0) is 20.5 Å². The second kappa shape index (κ2) is 6.50. The van der Waals surface area contributed by atoms with Gasteiger partial charge in [0.15, 0.2) is 5.57 Å². The van der Waals surface area contributed by atoms with Crippen LogP contribution in [0.2, 0.25) is 0 Å². The van der Waals surface area contributed by atoms with E-state index in [2.05, 4.69) is 10.3 Å². The Morgan fingerprint density at radius 2 is 2.08 bits per heavy atom. The number of hydrogen-bond acceptors (Lipinski definition) is 5. The molecule has 0 saturated carbocycles. The molecule has 1 amide bonds. The maximum Gasteiger partial charge on any atom is 0.433 e. The van der Waals surface area contributed by atoms with E-state index in [1.54, 1.807) is 6.92 Å². The van der Waals surface area contributed by atoms with Crippen molar-refractivity contribution >= 4 is 11.9 Å². The Bertz CT molecular complexity index is 683. The van der Waals surface area contributed by atoms with E-state index in [1.165, 1.54) is 13.0 Å². The molecule has 1 aliphatic rings. The topological polar surface area (TPSA) is 88.5 Å². The Balaban J connectivity index is 2.32. The molecule has 0 aromatic carbocycles. The zero-order valence-corrected chi connectivity index (χ0v) is 12.8. The molecule has 130 valence electrons. The van der Waals surface area contributed by atoms with Gasteiger partial charge in [0, 0.05) is 12.1 Å². The van der Waals surface area contributed by atoms with Crippen molar-refractivity contribution in [3.8, 4) is 0 Å². The van der Waals surface area contributed by atoms with Gasteiger partial charge < -0.3 is 15.2 Å². The first-order chi connectivity index (χ1) is 11.2. The molecule has 2 heterocycles. The van der Waals surface area contributed by atoms with Crippen molar-refractivity contribution in [2.75, 3.05) is 6.61 Å². The van der Waals surface area contributed by atoms with Crippen molar-refractivity contribution in [2.45, 2.75) is 26.1 Å². The fourth-order valence-electron chi connectivity index (χ4n) is 2.37. The lowest BCUT2D eigenvalue weighted by molar-refractivity contribution is -0.142. The standard InChI is InChI=1S/C15H15F3N2O4/c1-3-24-14(23)10-12(21)7(2)11(20-13(10)22)8-4-5-9(19-6-8)15(16,17)18/h4-7,11,21H,3H2,1-2H3,(H,20,22). The van der Waals surface area contributed by atoms with Crippen molar-refractivity contribution in [3.05, 3.63) is 40.9 Å². The largest absolute Gasteiger partial charge is 0.511 e. The molecule has 6 nitrogen and oxygen atoms in total. The lowest BCUT2D eigenvalue weighted by Crippen LogP contribution is -2.42. The summed E-state index contributed by atoms with van der Waals surface area (Å²) in [6, 6.07) is 1.14. The fourth-order valence-corrected chi connectivity index (χ4v) is 2.37. The molecule has 0 saturated heterocycles. The number of aromatic nitrogens is 1. The van der Waals surface area contributed by atoms with E-state index >= 15 is 0 Å². The second-order valence-corrected chi connectivity index (χ2v) is 5.20. The highest BCUT2D eigenvalue weighted by Crippen LogP contribution is 2.34. The number of ether oxygens (including phenoxy) is 1. The van der Waals surface area contributed by atoms with Gasteiger partial charge in [-0.1, -0.05) is 13.0 Å². The highest BCUT2D eigenvalue weighted by atomic mass is 19.4. The van der Waals surface area contributed by atoms with Crippen molar-refractivity contribution in [3.63, 3.8) is 0 Å². The van der Waals surface area contributed by atoms with E-state index in [9.17, 15) is 27.9 Å². The Kier molecular flexibility index (Phi) is 4.81. The first kappa shape index (κ1) is 17.8. The molecule has 1 aromatic heterocycles. The molecular weight excluding hydrogens is 329 g/mol. The highest BCUT2D eigenvalue weighted by Gasteiger charge is 2.39. The van der Waals surface area contributed by atoms with Gasteiger partial charge in [0.2, 0.25) is 0 Å². The van der Waals surface area contributed by atoms with Gasteiger partial charge in [0.1, 0.15) is 11.5 Å². The summed E-state index contributed by atoms with van der Waals surface area (Å²) in [4.78, 5) is 27.1. The number of esters is 1. The molecule has 1 aromatic rings. The molecule has 2 rings (SSSR count). The Morgan fingerprint density at radius 3 is 2.58 bits per heavy atom. The average molecular weight is 344 g/mol. The maximum absolute atomic E-state index is 12.5. The number of alkyl halides is 3. The lowest BCUT2D eigenvalue weighted by atomic mass is 9.88. The van der Waals surface area contributed by atoms with E-state index in [0.29, 0.717) is 0 Å². The third-order valence-corrected chi connectivity index (χ3v) is 3.62. The molecule has 0 bridgehead atoms. The first-order valence-corrected chi connectivity index (χ1v) is 7.11. The van der Waals surface area contributed by atoms with Crippen LogP contribution in [0.3, 0.4) is 0 Å². The molecule has 0 aliphatic carbocycles. The van der Waals surface area contributed by atoms with Gasteiger partial charge in [-0.25, -0.2) is 4.79 Å². The van der Waals surface area contributed by atoms with E-state index in [-0.39, 0.29) is 12.2 Å². The lowest BCUT2D eigenvalue weighted by Gasteiger charge is -2.30. The zero-order chi connectivity index (χ0) is 18.1. The number of hydrogen-bond donors (Lipinski definition) is 2. The van der Waals surface area contributed by atoms with Crippen LogP contribution < -0.4 is 5.32 Å². The summed E-state index contributed by atoms with van der Waals surface area (Å²) in [6.07, 6.45) is -3.59. The number of carbonyl (C=O) groups excluding carboxylic acids is 2.